The molecule has 1 aromatic carbocycles. The first-order valence-electron chi connectivity index (χ1n) is 8.04. The molecule has 1 atom stereocenters. The van der Waals surface area contributed by atoms with Gasteiger partial charge < -0.3 is 9.88 Å². The molecule has 1 aliphatic heterocycles. The van der Waals surface area contributed by atoms with Gasteiger partial charge in [-0.1, -0.05) is 12.1 Å². The van der Waals surface area contributed by atoms with Crippen molar-refractivity contribution in [3.63, 3.8) is 0 Å². The first kappa shape index (κ1) is 14.0. The summed E-state index contributed by atoms with van der Waals surface area (Å²) in [6.45, 7) is 3.53. The Balaban J connectivity index is 1.64. The first-order valence-corrected chi connectivity index (χ1v) is 8.04. The monoisotopic (exact) mass is 309 g/mol. The molecule has 1 fully saturated rings. The number of amides is 1. The van der Waals surface area contributed by atoms with Crippen LogP contribution >= 0.6 is 0 Å². The number of H-pyrrole nitrogens is 1. The quantitative estimate of drug-likeness (QED) is 0.809. The average molecular weight is 309 g/mol. The van der Waals surface area contributed by atoms with Crippen molar-refractivity contribution in [3.05, 3.63) is 48.0 Å². The molecule has 1 saturated heterocycles. The molecule has 2 aromatic heterocycles. The molecular weight excluding hydrogens is 290 g/mol. The number of para-hydroxylation sites is 2. The predicted molar refractivity (Wildman–Crippen MR) is 87.0 cm³/mol. The normalized spacial score (nSPS) is 18.0. The van der Waals surface area contributed by atoms with E-state index in [4.69, 9.17) is 0 Å². The second-order valence-corrected chi connectivity index (χ2v) is 5.88. The van der Waals surface area contributed by atoms with E-state index in [1.54, 1.807) is 10.9 Å². The van der Waals surface area contributed by atoms with Crippen molar-refractivity contribution in [2.75, 3.05) is 6.54 Å². The molecule has 0 unspecified atom stereocenters. The lowest BCUT2D eigenvalue weighted by molar-refractivity contribution is 0.0730. The van der Waals surface area contributed by atoms with Gasteiger partial charge in [0.2, 0.25) is 0 Å². The van der Waals surface area contributed by atoms with Gasteiger partial charge in [0.15, 0.2) is 0 Å². The number of benzene rings is 1. The molecule has 0 spiro atoms. The highest BCUT2D eigenvalue weighted by molar-refractivity contribution is 5.94. The summed E-state index contributed by atoms with van der Waals surface area (Å²) < 4.78 is 1.78. The van der Waals surface area contributed by atoms with Crippen molar-refractivity contribution in [1.82, 2.24) is 24.6 Å². The molecule has 0 aliphatic carbocycles. The fraction of sp³-hybridized carbons (Fsp3) is 0.353. The molecule has 1 N–H and O–H groups in total. The van der Waals surface area contributed by atoms with E-state index in [-0.39, 0.29) is 11.9 Å². The Bertz CT molecular complexity index is 816. The molecule has 6 nitrogen and oxygen atoms in total. The lowest BCUT2D eigenvalue weighted by atomic mass is 10.2. The van der Waals surface area contributed by atoms with E-state index in [1.807, 2.05) is 42.3 Å². The molecule has 4 rings (SSSR count). The van der Waals surface area contributed by atoms with Crippen LogP contribution < -0.4 is 0 Å². The minimum atomic E-state index is 0.0138. The zero-order valence-electron chi connectivity index (χ0n) is 13.1. The molecule has 0 radical (unpaired) electrons. The number of fused-ring (bicyclic) bond motifs is 1. The van der Waals surface area contributed by atoms with E-state index < -0.39 is 0 Å². The second kappa shape index (κ2) is 5.53. The smallest absolute Gasteiger partial charge is 0.257 e. The lowest BCUT2D eigenvalue weighted by Crippen LogP contribution is -2.30. The number of hydrogen-bond donors (Lipinski definition) is 1. The molecule has 0 bridgehead atoms. The first-order chi connectivity index (χ1) is 11.3. The predicted octanol–water partition coefficient (Wildman–Crippen LogP) is 2.76. The number of carbonyl (C=O) groups excluding carboxylic acids is 1. The average Bonchev–Trinajstić information content (AvgIpc) is 3.30. The molecule has 3 aromatic rings. The van der Waals surface area contributed by atoms with Crippen molar-refractivity contribution >= 4 is 16.9 Å². The minimum Gasteiger partial charge on any atom is -0.340 e. The number of rotatable bonds is 3. The van der Waals surface area contributed by atoms with Gasteiger partial charge in [0.1, 0.15) is 5.82 Å². The van der Waals surface area contributed by atoms with Crippen LogP contribution in [0.3, 0.4) is 0 Å². The number of aromatic nitrogens is 4. The molecular formula is C17H19N5O. The second-order valence-electron chi connectivity index (χ2n) is 5.88. The Labute approximate surface area is 134 Å². The maximum Gasteiger partial charge on any atom is 0.257 e. The van der Waals surface area contributed by atoms with Crippen LogP contribution in [0.1, 0.15) is 42.0 Å². The fourth-order valence-electron chi connectivity index (χ4n) is 3.24. The van der Waals surface area contributed by atoms with Crippen LogP contribution in [0.15, 0.2) is 36.7 Å². The largest absolute Gasteiger partial charge is 0.340 e. The summed E-state index contributed by atoms with van der Waals surface area (Å²) in [7, 11) is 0. The summed E-state index contributed by atoms with van der Waals surface area (Å²) in [6.07, 6.45) is 5.40. The standard InChI is InChI=1S/C17H19N5O/c1-2-21-11-12(10-18-21)17(23)22-9-5-8-15(22)16-19-13-6-3-4-7-14(13)20-16/h3-4,6-7,10-11,15H,2,5,8-9H2,1H3,(H,19,20)/t15-/m1/s1. The molecule has 1 aliphatic rings. The summed E-state index contributed by atoms with van der Waals surface area (Å²) >= 11 is 0. The van der Waals surface area contributed by atoms with Crippen molar-refractivity contribution in [1.29, 1.82) is 0 Å². The number of carbonyl (C=O) groups is 1. The summed E-state index contributed by atoms with van der Waals surface area (Å²) in [5.41, 5.74) is 2.61. The number of likely N-dealkylation sites (tertiary alicyclic amines) is 1. The zero-order chi connectivity index (χ0) is 15.8. The Morgan fingerprint density at radius 3 is 3.04 bits per heavy atom. The number of hydrogen-bond acceptors (Lipinski definition) is 3. The van der Waals surface area contributed by atoms with E-state index >= 15 is 0 Å². The highest BCUT2D eigenvalue weighted by atomic mass is 16.2. The number of nitrogens with zero attached hydrogens (tertiary/aromatic N) is 4. The van der Waals surface area contributed by atoms with Gasteiger partial charge in [-0.2, -0.15) is 5.10 Å². The van der Waals surface area contributed by atoms with Crippen molar-refractivity contribution in [2.24, 2.45) is 0 Å². The van der Waals surface area contributed by atoms with Gasteiger partial charge in [0, 0.05) is 19.3 Å². The van der Waals surface area contributed by atoms with Crippen LogP contribution in [0.4, 0.5) is 0 Å². The zero-order valence-corrected chi connectivity index (χ0v) is 13.1. The number of aryl methyl sites for hydroxylation is 1. The minimum absolute atomic E-state index is 0.0138. The van der Waals surface area contributed by atoms with E-state index in [0.29, 0.717) is 5.56 Å². The van der Waals surface area contributed by atoms with Gasteiger partial charge in [0.25, 0.3) is 5.91 Å². The highest BCUT2D eigenvalue weighted by Gasteiger charge is 2.33. The van der Waals surface area contributed by atoms with Gasteiger partial charge in [0.05, 0.1) is 28.8 Å². The summed E-state index contributed by atoms with van der Waals surface area (Å²) in [4.78, 5) is 22.8. The maximum atomic E-state index is 12.8. The van der Waals surface area contributed by atoms with Gasteiger partial charge >= 0.3 is 0 Å². The Morgan fingerprint density at radius 2 is 2.26 bits per heavy atom. The fourth-order valence-corrected chi connectivity index (χ4v) is 3.24. The van der Waals surface area contributed by atoms with Crippen molar-refractivity contribution in [3.8, 4) is 0 Å². The third kappa shape index (κ3) is 2.40. The number of imidazole rings is 1. The van der Waals surface area contributed by atoms with Crippen LogP contribution in [0, 0.1) is 0 Å². The Kier molecular flexibility index (Phi) is 3.37. The Hall–Kier alpha value is -2.63. The molecule has 1 amide bonds. The Morgan fingerprint density at radius 1 is 1.39 bits per heavy atom. The maximum absolute atomic E-state index is 12.8. The van der Waals surface area contributed by atoms with E-state index in [1.165, 1.54) is 0 Å². The third-order valence-corrected chi connectivity index (χ3v) is 4.44. The van der Waals surface area contributed by atoms with Crippen LogP contribution in [-0.2, 0) is 6.54 Å². The van der Waals surface area contributed by atoms with Crippen LogP contribution in [-0.4, -0.2) is 37.1 Å². The van der Waals surface area contributed by atoms with Crippen LogP contribution in [0.25, 0.3) is 11.0 Å². The van der Waals surface area contributed by atoms with Gasteiger partial charge in [-0.05, 0) is 31.9 Å². The molecule has 23 heavy (non-hydrogen) atoms. The van der Waals surface area contributed by atoms with Crippen molar-refractivity contribution in [2.45, 2.75) is 32.4 Å². The molecule has 118 valence electrons. The number of aromatic amines is 1. The van der Waals surface area contributed by atoms with Gasteiger partial charge in [-0.3, -0.25) is 9.48 Å². The summed E-state index contributed by atoms with van der Waals surface area (Å²) in [5, 5.41) is 4.21. The van der Waals surface area contributed by atoms with E-state index in [0.717, 1.165) is 42.8 Å². The van der Waals surface area contributed by atoms with E-state index in [2.05, 4.69) is 15.1 Å². The highest BCUT2D eigenvalue weighted by Crippen LogP contribution is 2.32. The number of nitrogens with one attached hydrogen (secondary N) is 1. The van der Waals surface area contributed by atoms with Gasteiger partial charge in [-0.15, -0.1) is 0 Å². The third-order valence-electron chi connectivity index (χ3n) is 4.44. The van der Waals surface area contributed by atoms with Crippen LogP contribution in [0.2, 0.25) is 0 Å². The van der Waals surface area contributed by atoms with Crippen molar-refractivity contribution < 1.29 is 4.79 Å². The van der Waals surface area contributed by atoms with E-state index in [9.17, 15) is 4.79 Å². The molecule has 3 heterocycles. The van der Waals surface area contributed by atoms with Crippen LogP contribution in [0.5, 0.6) is 0 Å². The van der Waals surface area contributed by atoms with Gasteiger partial charge in [-0.25, -0.2) is 4.98 Å². The summed E-state index contributed by atoms with van der Waals surface area (Å²) in [5.74, 6) is 0.910. The topological polar surface area (TPSA) is 66.8 Å². The SMILES string of the molecule is CCn1cc(C(=O)N2CCC[C@@H]2c2nc3ccccc3[nH]2)cn1. The lowest BCUT2D eigenvalue weighted by Gasteiger charge is -2.22. The molecule has 6 heteroatoms. The summed E-state index contributed by atoms with van der Waals surface area (Å²) in [6, 6.07) is 7.98. The molecule has 0 saturated carbocycles.